The van der Waals surface area contributed by atoms with E-state index in [1.54, 1.807) is 0 Å². The van der Waals surface area contributed by atoms with Gasteiger partial charge in [-0.05, 0) is 18.2 Å². The zero-order valence-corrected chi connectivity index (χ0v) is 11.4. The normalized spacial score (nSPS) is 13.1. The number of methoxy groups -OCH3 is 1. The number of aliphatic hydroxyl groups is 1. The molecule has 0 aliphatic carbocycles. The van der Waals surface area contributed by atoms with Crippen molar-refractivity contribution in [3.8, 4) is 0 Å². The Kier molecular flexibility index (Phi) is 5.68. The van der Waals surface area contributed by atoms with Crippen LogP contribution in [-0.2, 0) is 10.9 Å². The minimum atomic E-state index is -4.74. The van der Waals surface area contributed by atoms with Crippen molar-refractivity contribution in [3.05, 3.63) is 35.1 Å². The van der Waals surface area contributed by atoms with E-state index >= 15 is 0 Å². The second-order valence-electron chi connectivity index (χ2n) is 4.52. The molecule has 1 aromatic carbocycles. The lowest BCUT2D eigenvalue weighted by Gasteiger charge is -2.21. The molecule has 0 fully saturated rings. The molecule has 0 aliphatic heterocycles. The quantitative estimate of drug-likeness (QED) is 0.846. The molecule has 1 N–H and O–H groups in total. The van der Waals surface area contributed by atoms with Crippen LogP contribution in [0, 0.1) is 5.82 Å². The monoisotopic (exact) mass is 309 g/mol. The molecule has 0 aliphatic rings. The average Bonchev–Trinajstić information content (AvgIpc) is 2.36. The van der Waals surface area contributed by atoms with Gasteiger partial charge in [0.25, 0.3) is 5.91 Å². The molecular weight excluding hydrogens is 294 g/mol. The number of halogens is 4. The van der Waals surface area contributed by atoms with Crippen LogP contribution in [0.25, 0.3) is 0 Å². The van der Waals surface area contributed by atoms with Crippen molar-refractivity contribution >= 4 is 5.91 Å². The van der Waals surface area contributed by atoms with Gasteiger partial charge in [-0.2, -0.15) is 13.2 Å². The Morgan fingerprint density at radius 1 is 1.38 bits per heavy atom. The Bertz CT molecular complexity index is 505. The van der Waals surface area contributed by atoms with Crippen LogP contribution in [0.2, 0.25) is 0 Å². The summed E-state index contributed by atoms with van der Waals surface area (Å²) in [6.07, 6.45) is -5.73. The first-order valence-corrected chi connectivity index (χ1v) is 5.95. The number of likely N-dealkylation sites (N-methyl/N-ethyl adjacent to an activating group) is 1. The fourth-order valence-corrected chi connectivity index (χ4v) is 1.74. The van der Waals surface area contributed by atoms with Gasteiger partial charge in [0, 0.05) is 26.3 Å². The first-order chi connectivity index (χ1) is 9.65. The Morgan fingerprint density at radius 2 is 2.00 bits per heavy atom. The number of alkyl halides is 3. The number of hydrogen-bond acceptors (Lipinski definition) is 3. The Balaban J connectivity index is 2.94. The van der Waals surface area contributed by atoms with Gasteiger partial charge in [-0.25, -0.2) is 4.39 Å². The number of hydrogen-bond donors (Lipinski definition) is 1. The average molecular weight is 309 g/mol. The van der Waals surface area contributed by atoms with Crippen LogP contribution in [0.1, 0.15) is 15.9 Å². The van der Waals surface area contributed by atoms with Crippen molar-refractivity contribution in [2.75, 3.05) is 27.3 Å². The van der Waals surface area contributed by atoms with Gasteiger partial charge in [-0.3, -0.25) is 4.79 Å². The summed E-state index contributed by atoms with van der Waals surface area (Å²) in [7, 11) is 2.65. The lowest BCUT2D eigenvalue weighted by molar-refractivity contribution is -0.137. The standard InChI is InChI=1S/C13H15F4NO3/c1-18(6-11(19)7-21-2)12(20)8-3-9(13(15,16)17)5-10(14)4-8/h3-5,11,19H,6-7H2,1-2H3. The van der Waals surface area contributed by atoms with Gasteiger partial charge in [0.05, 0.1) is 18.3 Å². The second-order valence-corrected chi connectivity index (χ2v) is 4.52. The molecule has 0 spiro atoms. The summed E-state index contributed by atoms with van der Waals surface area (Å²) in [5.74, 6) is -1.98. The van der Waals surface area contributed by atoms with Gasteiger partial charge in [-0.1, -0.05) is 0 Å². The number of aliphatic hydroxyl groups excluding tert-OH is 1. The number of nitrogens with zero attached hydrogens (tertiary/aromatic N) is 1. The molecule has 0 saturated carbocycles. The van der Waals surface area contributed by atoms with E-state index < -0.39 is 35.1 Å². The van der Waals surface area contributed by atoms with E-state index in [4.69, 9.17) is 0 Å². The Hall–Kier alpha value is -1.67. The molecule has 0 aromatic heterocycles. The molecule has 0 radical (unpaired) electrons. The minimum absolute atomic E-state index is 0.0332. The number of amides is 1. The van der Waals surface area contributed by atoms with Crippen LogP contribution >= 0.6 is 0 Å². The van der Waals surface area contributed by atoms with Crippen molar-refractivity contribution < 1.29 is 32.2 Å². The van der Waals surface area contributed by atoms with Crippen molar-refractivity contribution in [1.82, 2.24) is 4.90 Å². The first-order valence-electron chi connectivity index (χ1n) is 5.95. The molecule has 21 heavy (non-hydrogen) atoms. The summed E-state index contributed by atoms with van der Waals surface area (Å²) in [5.41, 5.74) is -1.67. The van der Waals surface area contributed by atoms with Crippen LogP contribution in [0.3, 0.4) is 0 Å². The van der Waals surface area contributed by atoms with Crippen LogP contribution in [-0.4, -0.2) is 49.3 Å². The summed E-state index contributed by atoms with van der Waals surface area (Å²) in [5, 5.41) is 9.48. The van der Waals surface area contributed by atoms with E-state index in [0.717, 1.165) is 11.0 Å². The van der Waals surface area contributed by atoms with Gasteiger partial charge in [0.15, 0.2) is 0 Å². The topological polar surface area (TPSA) is 49.8 Å². The van der Waals surface area contributed by atoms with Gasteiger partial charge in [-0.15, -0.1) is 0 Å². The van der Waals surface area contributed by atoms with Crippen LogP contribution in [0.4, 0.5) is 17.6 Å². The molecule has 1 atom stereocenters. The lowest BCUT2D eigenvalue weighted by atomic mass is 10.1. The van der Waals surface area contributed by atoms with Gasteiger partial charge in [0.1, 0.15) is 5.82 Å². The highest BCUT2D eigenvalue weighted by atomic mass is 19.4. The second kappa shape index (κ2) is 6.86. The maximum absolute atomic E-state index is 13.2. The number of carbonyl (C=O) groups is 1. The van der Waals surface area contributed by atoms with E-state index in [0.29, 0.717) is 12.1 Å². The van der Waals surface area contributed by atoms with Crippen molar-refractivity contribution in [1.29, 1.82) is 0 Å². The van der Waals surface area contributed by atoms with Gasteiger partial charge in [0.2, 0.25) is 0 Å². The number of rotatable bonds is 5. The van der Waals surface area contributed by atoms with E-state index in [1.165, 1.54) is 14.2 Å². The fraction of sp³-hybridized carbons (Fsp3) is 0.462. The SMILES string of the molecule is COCC(O)CN(C)C(=O)c1cc(F)cc(C(F)(F)F)c1. The minimum Gasteiger partial charge on any atom is -0.389 e. The molecule has 8 heteroatoms. The maximum atomic E-state index is 13.2. The van der Waals surface area contributed by atoms with Gasteiger partial charge >= 0.3 is 6.18 Å². The van der Waals surface area contributed by atoms with E-state index in [2.05, 4.69) is 4.74 Å². The Morgan fingerprint density at radius 3 is 2.52 bits per heavy atom. The smallest absolute Gasteiger partial charge is 0.389 e. The van der Waals surface area contributed by atoms with E-state index in [1.807, 2.05) is 0 Å². The molecular formula is C13H15F4NO3. The van der Waals surface area contributed by atoms with E-state index in [9.17, 15) is 27.5 Å². The molecule has 1 amide bonds. The summed E-state index contributed by atoms with van der Waals surface area (Å²) < 4.78 is 55.6. The van der Waals surface area contributed by atoms with Crippen molar-refractivity contribution in [2.45, 2.75) is 12.3 Å². The molecule has 0 heterocycles. The molecule has 1 aromatic rings. The molecule has 0 saturated heterocycles. The van der Waals surface area contributed by atoms with Crippen LogP contribution < -0.4 is 0 Å². The molecule has 4 nitrogen and oxygen atoms in total. The highest BCUT2D eigenvalue weighted by Gasteiger charge is 2.32. The third-order valence-corrected chi connectivity index (χ3v) is 2.66. The third kappa shape index (κ3) is 4.98. The third-order valence-electron chi connectivity index (χ3n) is 2.66. The molecule has 0 bridgehead atoms. The van der Waals surface area contributed by atoms with E-state index in [-0.39, 0.29) is 13.2 Å². The summed E-state index contributed by atoms with van der Waals surface area (Å²) in [6.45, 7) is -0.181. The first kappa shape index (κ1) is 17.4. The number of carbonyl (C=O) groups excluding carboxylic acids is 1. The highest BCUT2D eigenvalue weighted by Crippen LogP contribution is 2.30. The molecule has 1 rings (SSSR count). The number of ether oxygens (including phenoxy) is 1. The zero-order valence-electron chi connectivity index (χ0n) is 11.4. The fourth-order valence-electron chi connectivity index (χ4n) is 1.74. The number of benzene rings is 1. The highest BCUT2D eigenvalue weighted by molar-refractivity contribution is 5.94. The maximum Gasteiger partial charge on any atom is 0.416 e. The van der Waals surface area contributed by atoms with Crippen LogP contribution in [0.15, 0.2) is 18.2 Å². The summed E-state index contributed by atoms with van der Waals surface area (Å²) >= 11 is 0. The molecule has 118 valence electrons. The van der Waals surface area contributed by atoms with Gasteiger partial charge < -0.3 is 14.7 Å². The molecule has 1 unspecified atom stereocenters. The summed E-state index contributed by atoms with van der Waals surface area (Å²) in [4.78, 5) is 13.0. The largest absolute Gasteiger partial charge is 0.416 e. The predicted octanol–water partition coefficient (Wildman–Crippen LogP) is 1.92. The zero-order chi connectivity index (χ0) is 16.2. The summed E-state index contributed by atoms with van der Waals surface area (Å²) in [6, 6.07) is 1.61. The lowest BCUT2D eigenvalue weighted by Crippen LogP contribution is -2.36. The van der Waals surface area contributed by atoms with Crippen molar-refractivity contribution in [3.63, 3.8) is 0 Å². The predicted molar refractivity (Wildman–Crippen MR) is 66.2 cm³/mol. The van der Waals surface area contributed by atoms with Crippen molar-refractivity contribution in [2.24, 2.45) is 0 Å². The Labute approximate surface area is 118 Å². The van der Waals surface area contributed by atoms with Crippen LogP contribution in [0.5, 0.6) is 0 Å².